The van der Waals surface area contributed by atoms with Gasteiger partial charge >= 0.3 is 0 Å². The van der Waals surface area contributed by atoms with Crippen LogP contribution in [0.1, 0.15) is 36.8 Å². The lowest BCUT2D eigenvalue weighted by molar-refractivity contribution is 0.102. The fraction of sp³-hybridized carbons (Fsp3) is 0.267. The van der Waals surface area contributed by atoms with Crippen LogP contribution in [0.4, 0.5) is 5.82 Å². The second-order valence-corrected chi connectivity index (χ2v) is 6.79. The highest BCUT2D eigenvalue weighted by atomic mass is 32.1. The van der Waals surface area contributed by atoms with Crippen LogP contribution in [0.3, 0.4) is 0 Å². The van der Waals surface area contributed by atoms with Crippen LogP contribution in [0.5, 0.6) is 0 Å². The molecule has 6 heteroatoms. The largest absolute Gasteiger partial charge is 0.305 e. The van der Waals surface area contributed by atoms with Crippen molar-refractivity contribution in [2.45, 2.75) is 26.2 Å². The van der Waals surface area contributed by atoms with Gasteiger partial charge in [0.2, 0.25) is 0 Å². The molecule has 0 saturated carbocycles. The van der Waals surface area contributed by atoms with Gasteiger partial charge in [0.05, 0.1) is 15.7 Å². The van der Waals surface area contributed by atoms with E-state index in [0.717, 1.165) is 15.9 Å². The molecule has 0 unspecified atom stereocenters. The lowest BCUT2D eigenvalue weighted by Crippen LogP contribution is -2.12. The number of nitrogens with zero attached hydrogens (tertiary/aromatic N) is 2. The van der Waals surface area contributed by atoms with Gasteiger partial charge in [0.1, 0.15) is 0 Å². The molecule has 2 heterocycles. The molecular weight excluding hydrogens is 284 g/mol. The maximum absolute atomic E-state index is 12.3. The molecule has 2 aromatic heterocycles. The molecule has 2 N–H and O–H groups in total. The number of carbonyl (C=O) groups excluding carboxylic acids is 1. The van der Waals surface area contributed by atoms with Crippen LogP contribution in [0.2, 0.25) is 0 Å². The maximum atomic E-state index is 12.3. The molecule has 3 rings (SSSR count). The number of fused-ring (bicyclic) bond motifs is 1. The molecular formula is C15H16N4OS. The van der Waals surface area contributed by atoms with E-state index in [1.54, 1.807) is 11.6 Å². The van der Waals surface area contributed by atoms with E-state index in [2.05, 4.69) is 41.3 Å². The number of aromatic amines is 1. The third kappa shape index (κ3) is 2.80. The van der Waals surface area contributed by atoms with Gasteiger partial charge in [-0.25, -0.2) is 4.98 Å². The highest BCUT2D eigenvalue weighted by molar-refractivity contribution is 7.16. The fourth-order valence-electron chi connectivity index (χ4n) is 1.95. The van der Waals surface area contributed by atoms with Crippen LogP contribution >= 0.6 is 11.3 Å². The third-order valence-corrected chi connectivity index (χ3v) is 4.01. The van der Waals surface area contributed by atoms with E-state index in [1.807, 2.05) is 18.2 Å². The zero-order chi connectivity index (χ0) is 15.0. The lowest BCUT2D eigenvalue weighted by atomic mass is 9.92. The summed E-state index contributed by atoms with van der Waals surface area (Å²) in [6, 6.07) is 7.34. The Labute approximate surface area is 126 Å². The van der Waals surface area contributed by atoms with Crippen molar-refractivity contribution in [2.24, 2.45) is 0 Å². The van der Waals surface area contributed by atoms with Crippen LogP contribution in [-0.2, 0) is 5.41 Å². The molecule has 5 nitrogen and oxygen atoms in total. The molecule has 0 fully saturated rings. The van der Waals surface area contributed by atoms with E-state index in [9.17, 15) is 4.79 Å². The van der Waals surface area contributed by atoms with E-state index < -0.39 is 0 Å². The average Bonchev–Trinajstić information content (AvgIpc) is 3.04. The van der Waals surface area contributed by atoms with Gasteiger partial charge in [-0.05, 0) is 18.2 Å². The normalized spacial score (nSPS) is 11.8. The Hall–Kier alpha value is -2.21. The molecule has 3 aromatic rings. The summed E-state index contributed by atoms with van der Waals surface area (Å²) in [5, 5.41) is 9.90. The van der Waals surface area contributed by atoms with Crippen molar-refractivity contribution in [3.8, 4) is 0 Å². The van der Waals surface area contributed by atoms with Gasteiger partial charge < -0.3 is 5.32 Å². The minimum atomic E-state index is -0.169. The smallest absolute Gasteiger partial charge is 0.256 e. The summed E-state index contributed by atoms with van der Waals surface area (Å²) in [7, 11) is 0. The average molecular weight is 300 g/mol. The summed E-state index contributed by atoms with van der Waals surface area (Å²) in [4.78, 5) is 16.5. The number of thiazole rings is 1. The Morgan fingerprint density at radius 3 is 2.81 bits per heavy atom. The Morgan fingerprint density at radius 2 is 2.10 bits per heavy atom. The SMILES string of the molecule is CC(C)(C)c1cc(NC(=O)c2ccc3ncsc3c2)n[nH]1. The number of rotatable bonds is 2. The van der Waals surface area contributed by atoms with E-state index in [0.29, 0.717) is 11.4 Å². The van der Waals surface area contributed by atoms with Crippen LogP contribution in [-0.4, -0.2) is 21.1 Å². The molecule has 0 radical (unpaired) electrons. The fourth-order valence-corrected chi connectivity index (χ4v) is 2.67. The number of hydrogen-bond acceptors (Lipinski definition) is 4. The zero-order valence-corrected chi connectivity index (χ0v) is 12.9. The van der Waals surface area contributed by atoms with E-state index >= 15 is 0 Å². The van der Waals surface area contributed by atoms with Gasteiger partial charge in [-0.2, -0.15) is 5.10 Å². The van der Waals surface area contributed by atoms with E-state index in [1.165, 1.54) is 11.3 Å². The molecule has 0 atom stereocenters. The number of benzene rings is 1. The third-order valence-electron chi connectivity index (χ3n) is 3.22. The molecule has 0 bridgehead atoms. The summed E-state index contributed by atoms with van der Waals surface area (Å²) in [5.41, 5.74) is 4.24. The van der Waals surface area contributed by atoms with Crippen molar-refractivity contribution in [1.82, 2.24) is 15.2 Å². The lowest BCUT2D eigenvalue weighted by Gasteiger charge is -2.14. The predicted octanol–water partition coefficient (Wildman–Crippen LogP) is 3.57. The van der Waals surface area contributed by atoms with Gasteiger partial charge in [-0.1, -0.05) is 20.8 Å². The standard InChI is InChI=1S/C15H16N4OS/c1-15(2,3)12-7-13(19-18-12)17-14(20)9-4-5-10-11(6-9)21-8-16-10/h4-8H,1-3H3,(H2,17,18,19,20). The van der Waals surface area contributed by atoms with Crippen LogP contribution < -0.4 is 5.32 Å². The number of anilines is 1. The van der Waals surface area contributed by atoms with Gasteiger partial charge in [0.15, 0.2) is 5.82 Å². The predicted molar refractivity (Wildman–Crippen MR) is 84.9 cm³/mol. The Bertz CT molecular complexity index is 797. The van der Waals surface area contributed by atoms with Crippen LogP contribution in [0.15, 0.2) is 29.8 Å². The Morgan fingerprint density at radius 1 is 1.29 bits per heavy atom. The first-order valence-corrected chi connectivity index (χ1v) is 7.52. The second-order valence-electron chi connectivity index (χ2n) is 5.91. The summed E-state index contributed by atoms with van der Waals surface area (Å²) in [6.45, 7) is 6.26. The summed E-state index contributed by atoms with van der Waals surface area (Å²) >= 11 is 1.52. The van der Waals surface area contributed by atoms with Crippen molar-refractivity contribution in [3.63, 3.8) is 0 Å². The molecule has 1 aromatic carbocycles. The number of amides is 1. The summed E-state index contributed by atoms with van der Waals surface area (Å²) < 4.78 is 1.00. The minimum absolute atomic E-state index is 0.0302. The first-order chi connectivity index (χ1) is 9.93. The van der Waals surface area contributed by atoms with Crippen LogP contribution in [0, 0.1) is 0 Å². The topological polar surface area (TPSA) is 70.7 Å². The monoisotopic (exact) mass is 300 g/mol. The summed E-state index contributed by atoms with van der Waals surface area (Å²) in [6.07, 6.45) is 0. The Kier molecular flexibility index (Phi) is 3.25. The van der Waals surface area contributed by atoms with Gasteiger partial charge in [-0.15, -0.1) is 11.3 Å². The first-order valence-electron chi connectivity index (χ1n) is 6.64. The number of nitrogens with one attached hydrogen (secondary N) is 2. The molecule has 21 heavy (non-hydrogen) atoms. The van der Waals surface area contributed by atoms with Crippen molar-refractivity contribution in [1.29, 1.82) is 0 Å². The number of carbonyl (C=O) groups is 1. The molecule has 1 amide bonds. The van der Waals surface area contributed by atoms with E-state index in [4.69, 9.17) is 0 Å². The summed E-state index contributed by atoms with van der Waals surface area (Å²) in [5.74, 6) is 0.367. The molecule has 0 aliphatic carbocycles. The van der Waals surface area contributed by atoms with Crippen molar-refractivity contribution < 1.29 is 4.79 Å². The maximum Gasteiger partial charge on any atom is 0.256 e. The number of H-pyrrole nitrogens is 1. The van der Waals surface area contributed by atoms with E-state index in [-0.39, 0.29) is 11.3 Å². The highest BCUT2D eigenvalue weighted by Gasteiger charge is 2.17. The first kappa shape index (κ1) is 13.8. The highest BCUT2D eigenvalue weighted by Crippen LogP contribution is 2.23. The van der Waals surface area contributed by atoms with Crippen molar-refractivity contribution in [2.75, 3.05) is 5.32 Å². The van der Waals surface area contributed by atoms with Crippen molar-refractivity contribution >= 4 is 33.3 Å². The quantitative estimate of drug-likeness (QED) is 0.760. The second kappa shape index (κ2) is 4.96. The number of aromatic nitrogens is 3. The minimum Gasteiger partial charge on any atom is -0.305 e. The van der Waals surface area contributed by atoms with Gasteiger partial charge in [0, 0.05) is 22.7 Å². The van der Waals surface area contributed by atoms with Crippen molar-refractivity contribution in [3.05, 3.63) is 41.0 Å². The molecule has 108 valence electrons. The molecule has 0 aliphatic heterocycles. The molecule has 0 saturated heterocycles. The molecule has 0 aliphatic rings. The van der Waals surface area contributed by atoms with Gasteiger partial charge in [0.25, 0.3) is 5.91 Å². The number of hydrogen-bond donors (Lipinski definition) is 2. The Balaban J connectivity index is 1.81. The van der Waals surface area contributed by atoms with Crippen LogP contribution in [0.25, 0.3) is 10.2 Å². The zero-order valence-electron chi connectivity index (χ0n) is 12.1. The molecule has 0 spiro atoms. The van der Waals surface area contributed by atoms with Gasteiger partial charge in [-0.3, -0.25) is 9.89 Å².